The van der Waals surface area contributed by atoms with Crippen LogP contribution < -0.4 is 10.2 Å². The minimum Gasteiger partial charge on any atom is -0.371 e. The van der Waals surface area contributed by atoms with Gasteiger partial charge in [0.2, 0.25) is 0 Å². The van der Waals surface area contributed by atoms with Gasteiger partial charge in [-0.1, -0.05) is 57.5 Å². The van der Waals surface area contributed by atoms with E-state index in [0.717, 1.165) is 24.1 Å². The molecule has 0 bridgehead atoms. The molecule has 0 amide bonds. The minimum atomic E-state index is 0.500. The summed E-state index contributed by atoms with van der Waals surface area (Å²) in [5.41, 5.74) is 2.74. The van der Waals surface area contributed by atoms with Gasteiger partial charge < -0.3 is 10.2 Å². The summed E-state index contributed by atoms with van der Waals surface area (Å²) in [7, 11) is 0. The van der Waals surface area contributed by atoms with Gasteiger partial charge in [0.25, 0.3) is 0 Å². The average molecular weight is 355 g/mol. The fourth-order valence-corrected chi connectivity index (χ4v) is 2.88. The van der Waals surface area contributed by atoms with E-state index in [1.54, 1.807) is 0 Å². The Kier molecular flexibility index (Phi) is 7.75. The Hall–Kier alpha value is -0.540. The number of nitrogens with zero attached hydrogens (tertiary/aromatic N) is 1. The first-order valence-electron chi connectivity index (χ1n) is 8.06. The van der Waals surface area contributed by atoms with E-state index in [9.17, 15) is 0 Å². The quantitative estimate of drug-likeness (QED) is 0.701. The van der Waals surface area contributed by atoms with E-state index in [4.69, 9.17) is 0 Å². The molecule has 0 aromatic heterocycles. The van der Waals surface area contributed by atoms with Crippen molar-refractivity contribution in [3.63, 3.8) is 0 Å². The number of halogens is 1. The van der Waals surface area contributed by atoms with Crippen molar-refractivity contribution in [2.24, 2.45) is 11.8 Å². The lowest BCUT2D eigenvalue weighted by molar-refractivity contribution is 0.546. The fraction of sp³-hybridized carbons (Fsp3) is 0.667. The van der Waals surface area contributed by atoms with E-state index in [-0.39, 0.29) is 0 Å². The SMILES string of the molecule is CC(C)CN(CC(C)C)c1ccc(Br)cc1CNC(C)C. The summed E-state index contributed by atoms with van der Waals surface area (Å²) in [5.74, 6) is 1.33. The molecule has 0 aliphatic carbocycles. The van der Waals surface area contributed by atoms with Crippen molar-refractivity contribution in [2.45, 2.75) is 54.1 Å². The van der Waals surface area contributed by atoms with E-state index in [2.05, 4.69) is 85.9 Å². The molecular formula is C18H31BrN2. The second-order valence-corrected chi connectivity index (χ2v) is 7.92. The number of nitrogens with one attached hydrogen (secondary N) is 1. The van der Waals surface area contributed by atoms with Crippen LogP contribution in [0.4, 0.5) is 5.69 Å². The molecule has 0 radical (unpaired) electrons. The van der Waals surface area contributed by atoms with Gasteiger partial charge in [-0.05, 0) is 35.6 Å². The third-order valence-electron chi connectivity index (χ3n) is 3.25. The van der Waals surface area contributed by atoms with Crippen molar-refractivity contribution >= 4 is 21.6 Å². The van der Waals surface area contributed by atoms with Crippen LogP contribution in [0.5, 0.6) is 0 Å². The molecule has 0 saturated heterocycles. The van der Waals surface area contributed by atoms with Crippen LogP contribution in [-0.2, 0) is 6.54 Å². The lowest BCUT2D eigenvalue weighted by atomic mass is 10.1. The van der Waals surface area contributed by atoms with E-state index in [1.807, 2.05) is 0 Å². The van der Waals surface area contributed by atoms with Crippen molar-refractivity contribution in [1.29, 1.82) is 0 Å². The molecule has 120 valence electrons. The molecule has 3 heteroatoms. The molecule has 0 heterocycles. The van der Waals surface area contributed by atoms with E-state index in [1.165, 1.54) is 11.3 Å². The number of benzene rings is 1. The van der Waals surface area contributed by atoms with Crippen molar-refractivity contribution in [3.05, 3.63) is 28.2 Å². The topological polar surface area (TPSA) is 15.3 Å². The molecular weight excluding hydrogens is 324 g/mol. The highest BCUT2D eigenvalue weighted by molar-refractivity contribution is 9.10. The van der Waals surface area contributed by atoms with Gasteiger partial charge in [-0.15, -0.1) is 0 Å². The van der Waals surface area contributed by atoms with Gasteiger partial charge >= 0.3 is 0 Å². The van der Waals surface area contributed by atoms with Gasteiger partial charge in [-0.25, -0.2) is 0 Å². The maximum Gasteiger partial charge on any atom is 0.0412 e. The molecule has 2 nitrogen and oxygen atoms in total. The Labute approximate surface area is 139 Å². The molecule has 1 aromatic carbocycles. The van der Waals surface area contributed by atoms with E-state index >= 15 is 0 Å². The lowest BCUT2D eigenvalue weighted by Gasteiger charge is -2.31. The molecule has 0 aliphatic rings. The first kappa shape index (κ1) is 18.5. The van der Waals surface area contributed by atoms with E-state index in [0.29, 0.717) is 17.9 Å². The normalized spacial score (nSPS) is 11.7. The van der Waals surface area contributed by atoms with E-state index < -0.39 is 0 Å². The molecule has 0 unspecified atom stereocenters. The fourth-order valence-electron chi connectivity index (χ4n) is 2.47. The Balaban J connectivity index is 3.03. The van der Waals surface area contributed by atoms with Crippen molar-refractivity contribution in [2.75, 3.05) is 18.0 Å². The van der Waals surface area contributed by atoms with Crippen molar-refractivity contribution in [3.8, 4) is 0 Å². The molecule has 1 rings (SSSR count). The molecule has 21 heavy (non-hydrogen) atoms. The van der Waals surface area contributed by atoms with Gasteiger partial charge in [-0.2, -0.15) is 0 Å². The zero-order valence-corrected chi connectivity index (χ0v) is 16.0. The van der Waals surface area contributed by atoms with Crippen LogP contribution in [0.1, 0.15) is 47.1 Å². The summed E-state index contributed by atoms with van der Waals surface area (Å²) in [4.78, 5) is 2.54. The standard InChI is InChI=1S/C18H31BrN2/c1-13(2)11-21(12-14(3)4)18-8-7-17(19)9-16(18)10-20-15(5)6/h7-9,13-15,20H,10-12H2,1-6H3. The minimum absolute atomic E-state index is 0.500. The van der Waals surface area contributed by atoms with Crippen LogP contribution in [0.25, 0.3) is 0 Å². The zero-order valence-electron chi connectivity index (χ0n) is 14.4. The average Bonchev–Trinajstić information content (AvgIpc) is 2.34. The second kappa shape index (κ2) is 8.79. The third kappa shape index (κ3) is 6.84. The summed E-state index contributed by atoms with van der Waals surface area (Å²) >= 11 is 3.61. The molecule has 0 aliphatic heterocycles. The maximum absolute atomic E-state index is 3.61. The van der Waals surface area contributed by atoms with Crippen LogP contribution in [0.15, 0.2) is 22.7 Å². The van der Waals surface area contributed by atoms with Gasteiger partial charge in [0.15, 0.2) is 0 Å². The Morgan fingerprint density at radius 1 is 1.00 bits per heavy atom. The summed E-state index contributed by atoms with van der Waals surface area (Å²) in [6, 6.07) is 7.16. The van der Waals surface area contributed by atoms with Gasteiger partial charge in [0.05, 0.1) is 0 Å². The van der Waals surface area contributed by atoms with Crippen molar-refractivity contribution < 1.29 is 0 Å². The lowest BCUT2D eigenvalue weighted by Crippen LogP contribution is -2.33. The Bertz CT molecular complexity index is 417. The molecule has 1 N–H and O–H groups in total. The Morgan fingerprint density at radius 3 is 2.05 bits per heavy atom. The van der Waals surface area contributed by atoms with Gasteiger partial charge in [0, 0.05) is 35.8 Å². The first-order chi connectivity index (χ1) is 9.79. The molecule has 0 atom stereocenters. The summed E-state index contributed by atoms with van der Waals surface area (Å²) in [6.07, 6.45) is 0. The van der Waals surface area contributed by atoms with Crippen LogP contribution in [-0.4, -0.2) is 19.1 Å². The number of anilines is 1. The summed E-state index contributed by atoms with van der Waals surface area (Å²) in [5, 5.41) is 3.54. The molecule has 0 spiro atoms. The highest BCUT2D eigenvalue weighted by Gasteiger charge is 2.14. The van der Waals surface area contributed by atoms with Crippen LogP contribution >= 0.6 is 15.9 Å². The van der Waals surface area contributed by atoms with Crippen LogP contribution in [0.3, 0.4) is 0 Å². The predicted molar refractivity (Wildman–Crippen MR) is 98.0 cm³/mol. The number of hydrogen-bond acceptors (Lipinski definition) is 2. The number of rotatable bonds is 8. The van der Waals surface area contributed by atoms with Crippen LogP contribution in [0, 0.1) is 11.8 Å². The third-order valence-corrected chi connectivity index (χ3v) is 3.75. The van der Waals surface area contributed by atoms with Crippen molar-refractivity contribution in [1.82, 2.24) is 5.32 Å². The molecule has 0 saturated carbocycles. The summed E-state index contributed by atoms with van der Waals surface area (Å²) in [6.45, 7) is 16.7. The maximum atomic E-state index is 3.61. The molecule has 0 fully saturated rings. The monoisotopic (exact) mass is 354 g/mol. The second-order valence-electron chi connectivity index (χ2n) is 7.00. The number of hydrogen-bond donors (Lipinski definition) is 1. The summed E-state index contributed by atoms with van der Waals surface area (Å²) < 4.78 is 1.15. The highest BCUT2D eigenvalue weighted by Crippen LogP contribution is 2.26. The Morgan fingerprint density at radius 2 is 1.57 bits per heavy atom. The first-order valence-corrected chi connectivity index (χ1v) is 8.85. The van der Waals surface area contributed by atoms with Gasteiger partial charge in [-0.3, -0.25) is 0 Å². The molecule has 1 aromatic rings. The van der Waals surface area contributed by atoms with Crippen LogP contribution in [0.2, 0.25) is 0 Å². The van der Waals surface area contributed by atoms with Gasteiger partial charge in [0.1, 0.15) is 0 Å². The smallest absolute Gasteiger partial charge is 0.0412 e. The highest BCUT2D eigenvalue weighted by atomic mass is 79.9. The largest absolute Gasteiger partial charge is 0.371 e. The predicted octanol–water partition coefficient (Wildman–Crippen LogP) is 5.07. The zero-order chi connectivity index (χ0) is 16.0.